The van der Waals surface area contributed by atoms with Crippen LogP contribution in [0.15, 0.2) is 76.6 Å². The Morgan fingerprint density at radius 2 is 2.00 bits per heavy atom. The van der Waals surface area contributed by atoms with Crippen LogP contribution in [0.4, 0.5) is 5.69 Å². The molecule has 2 aromatic heterocycles. The summed E-state index contributed by atoms with van der Waals surface area (Å²) in [5.41, 5.74) is 1.53. The summed E-state index contributed by atoms with van der Waals surface area (Å²) in [6.07, 6.45) is 1.63. The zero-order chi connectivity index (χ0) is 22.7. The van der Waals surface area contributed by atoms with Gasteiger partial charge in [0.2, 0.25) is 5.91 Å². The molecule has 0 fully saturated rings. The van der Waals surface area contributed by atoms with Gasteiger partial charge in [0.15, 0.2) is 5.52 Å². The van der Waals surface area contributed by atoms with Gasteiger partial charge in [0.1, 0.15) is 23.7 Å². The van der Waals surface area contributed by atoms with Crippen LogP contribution in [0.5, 0.6) is 5.75 Å². The minimum Gasteiger partial charge on any atom is -0.497 e. The largest absolute Gasteiger partial charge is 0.497 e. The van der Waals surface area contributed by atoms with E-state index in [2.05, 4.69) is 16.8 Å². The third-order valence-corrected chi connectivity index (χ3v) is 5.07. The second-order valence-corrected chi connectivity index (χ2v) is 7.13. The topological polar surface area (TPSA) is 90.5 Å². The lowest BCUT2D eigenvalue weighted by Crippen LogP contribution is -2.37. The van der Waals surface area contributed by atoms with E-state index in [1.165, 1.54) is 0 Å². The molecule has 0 saturated heterocycles. The van der Waals surface area contributed by atoms with Crippen molar-refractivity contribution in [3.05, 3.63) is 83.4 Å². The van der Waals surface area contributed by atoms with Crippen LogP contribution < -0.4 is 15.2 Å². The van der Waals surface area contributed by atoms with E-state index < -0.39 is 5.56 Å². The van der Waals surface area contributed by atoms with Crippen molar-refractivity contribution in [1.29, 1.82) is 0 Å². The van der Waals surface area contributed by atoms with E-state index >= 15 is 0 Å². The van der Waals surface area contributed by atoms with Crippen LogP contribution in [0.3, 0.4) is 0 Å². The fourth-order valence-electron chi connectivity index (χ4n) is 3.52. The summed E-state index contributed by atoms with van der Waals surface area (Å²) in [5.74, 6) is 0.807. The molecule has 32 heavy (non-hydrogen) atoms. The zero-order valence-corrected chi connectivity index (χ0v) is 17.8. The SMILES string of the molecule is C=CCN(C(=O)Cn1nc(-c2cccc(OC)c2)c2c(C)onc2c1=O)c1ccccc1. The fourth-order valence-corrected chi connectivity index (χ4v) is 3.52. The van der Waals surface area contributed by atoms with Crippen molar-refractivity contribution in [3.63, 3.8) is 0 Å². The summed E-state index contributed by atoms with van der Waals surface area (Å²) in [6.45, 7) is 5.49. The number of nitrogens with zero attached hydrogens (tertiary/aromatic N) is 4. The molecule has 0 spiro atoms. The van der Waals surface area contributed by atoms with Crippen LogP contribution >= 0.6 is 0 Å². The summed E-state index contributed by atoms with van der Waals surface area (Å²) in [5, 5.41) is 8.98. The van der Waals surface area contributed by atoms with Crippen molar-refractivity contribution < 1.29 is 14.1 Å². The number of hydrogen-bond donors (Lipinski definition) is 0. The molecule has 0 atom stereocenters. The molecule has 0 unspecified atom stereocenters. The first-order chi connectivity index (χ1) is 15.5. The lowest BCUT2D eigenvalue weighted by Gasteiger charge is -2.21. The Balaban J connectivity index is 1.81. The minimum atomic E-state index is -0.497. The maximum absolute atomic E-state index is 13.2. The number of amides is 1. The van der Waals surface area contributed by atoms with Crippen molar-refractivity contribution >= 4 is 22.5 Å². The van der Waals surface area contributed by atoms with Gasteiger partial charge in [-0.15, -0.1) is 6.58 Å². The number of aryl methyl sites for hydroxylation is 1. The molecule has 0 saturated carbocycles. The number of rotatable bonds is 7. The summed E-state index contributed by atoms with van der Waals surface area (Å²) in [7, 11) is 1.57. The molecule has 0 bridgehead atoms. The molecule has 1 amide bonds. The third-order valence-electron chi connectivity index (χ3n) is 5.07. The van der Waals surface area contributed by atoms with Crippen LogP contribution in [0.1, 0.15) is 5.76 Å². The Bertz CT molecular complexity index is 1340. The highest BCUT2D eigenvalue weighted by Gasteiger charge is 2.22. The molecule has 8 heteroatoms. The van der Waals surface area contributed by atoms with Crippen LogP contribution in [-0.4, -0.2) is 34.5 Å². The Hall–Kier alpha value is -4.20. The van der Waals surface area contributed by atoms with E-state index in [0.29, 0.717) is 40.4 Å². The number of fused-ring (bicyclic) bond motifs is 1. The van der Waals surface area contributed by atoms with Gasteiger partial charge in [0.25, 0.3) is 5.56 Å². The molecule has 8 nitrogen and oxygen atoms in total. The van der Waals surface area contributed by atoms with E-state index in [0.717, 1.165) is 4.68 Å². The summed E-state index contributed by atoms with van der Waals surface area (Å²) in [4.78, 5) is 27.8. The van der Waals surface area contributed by atoms with Crippen molar-refractivity contribution in [3.8, 4) is 17.0 Å². The number of ether oxygens (including phenoxy) is 1. The predicted octanol–water partition coefficient (Wildman–Crippen LogP) is 3.59. The van der Waals surface area contributed by atoms with Gasteiger partial charge < -0.3 is 14.2 Å². The molecule has 162 valence electrons. The first-order valence-electron chi connectivity index (χ1n) is 10.0. The van der Waals surface area contributed by atoms with E-state index in [4.69, 9.17) is 9.26 Å². The van der Waals surface area contributed by atoms with Crippen LogP contribution in [0, 0.1) is 6.92 Å². The zero-order valence-electron chi connectivity index (χ0n) is 17.8. The van der Waals surface area contributed by atoms with E-state index in [1.807, 2.05) is 48.5 Å². The van der Waals surface area contributed by atoms with Gasteiger partial charge in [0.05, 0.1) is 12.5 Å². The number of benzene rings is 2. The Labute approximate surface area is 184 Å². The highest BCUT2D eigenvalue weighted by molar-refractivity contribution is 5.95. The molecule has 0 aliphatic carbocycles. The van der Waals surface area contributed by atoms with E-state index in [9.17, 15) is 9.59 Å². The van der Waals surface area contributed by atoms with Gasteiger partial charge in [-0.05, 0) is 31.2 Å². The summed E-state index contributed by atoms with van der Waals surface area (Å²) >= 11 is 0. The molecule has 2 heterocycles. The Morgan fingerprint density at radius 3 is 2.72 bits per heavy atom. The van der Waals surface area contributed by atoms with Crippen molar-refractivity contribution in [2.75, 3.05) is 18.6 Å². The van der Waals surface area contributed by atoms with Gasteiger partial charge in [0, 0.05) is 17.8 Å². The van der Waals surface area contributed by atoms with Gasteiger partial charge >= 0.3 is 0 Å². The lowest BCUT2D eigenvalue weighted by atomic mass is 10.1. The molecule has 0 aliphatic heterocycles. The lowest BCUT2D eigenvalue weighted by molar-refractivity contribution is -0.119. The second kappa shape index (κ2) is 8.89. The van der Waals surface area contributed by atoms with Crippen molar-refractivity contribution in [2.45, 2.75) is 13.5 Å². The third kappa shape index (κ3) is 3.90. The first-order valence-corrected chi connectivity index (χ1v) is 10.0. The van der Waals surface area contributed by atoms with Crippen molar-refractivity contribution in [1.82, 2.24) is 14.9 Å². The maximum Gasteiger partial charge on any atom is 0.297 e. The molecule has 0 aliphatic rings. The van der Waals surface area contributed by atoms with Crippen LogP contribution in [0.25, 0.3) is 22.2 Å². The van der Waals surface area contributed by atoms with E-state index in [1.54, 1.807) is 31.1 Å². The van der Waals surface area contributed by atoms with Gasteiger partial charge in [-0.2, -0.15) is 5.10 Å². The highest BCUT2D eigenvalue weighted by atomic mass is 16.5. The normalized spacial score (nSPS) is 10.8. The molecule has 0 N–H and O–H groups in total. The van der Waals surface area contributed by atoms with Gasteiger partial charge in [-0.25, -0.2) is 4.68 Å². The van der Waals surface area contributed by atoms with Gasteiger partial charge in [-0.1, -0.05) is 41.6 Å². The molecular weight excluding hydrogens is 408 g/mol. The molecule has 2 aromatic carbocycles. The number of hydrogen-bond acceptors (Lipinski definition) is 6. The summed E-state index contributed by atoms with van der Waals surface area (Å²) in [6, 6.07) is 16.5. The average molecular weight is 430 g/mol. The smallest absolute Gasteiger partial charge is 0.297 e. The molecule has 4 rings (SSSR count). The molecular formula is C24H22N4O4. The van der Waals surface area contributed by atoms with Crippen molar-refractivity contribution in [2.24, 2.45) is 0 Å². The highest BCUT2D eigenvalue weighted by Crippen LogP contribution is 2.29. The fraction of sp³-hybridized carbons (Fsp3) is 0.167. The number of anilines is 1. The number of para-hydroxylation sites is 1. The molecule has 4 aromatic rings. The standard InChI is InChI=1S/C24H22N4O4/c1-4-13-27(18-10-6-5-7-11-18)20(29)15-28-24(30)23-21(16(2)32-26-23)22(25-28)17-9-8-12-19(14-17)31-3/h4-12,14H,1,13,15H2,2-3H3. The minimum absolute atomic E-state index is 0.123. The monoisotopic (exact) mass is 430 g/mol. The van der Waals surface area contributed by atoms with Gasteiger partial charge in [-0.3, -0.25) is 9.59 Å². The summed E-state index contributed by atoms with van der Waals surface area (Å²) < 4.78 is 11.7. The Morgan fingerprint density at radius 1 is 1.22 bits per heavy atom. The first kappa shape index (κ1) is 21.0. The average Bonchev–Trinajstić information content (AvgIpc) is 3.21. The number of carbonyl (C=O) groups excluding carboxylic acids is 1. The van der Waals surface area contributed by atoms with E-state index in [-0.39, 0.29) is 18.0 Å². The second-order valence-electron chi connectivity index (χ2n) is 7.13. The number of carbonyl (C=O) groups is 1. The van der Waals surface area contributed by atoms with Crippen LogP contribution in [0.2, 0.25) is 0 Å². The quantitative estimate of drug-likeness (QED) is 0.416. The Kier molecular flexibility index (Phi) is 5.85. The predicted molar refractivity (Wildman–Crippen MR) is 122 cm³/mol. The number of methoxy groups -OCH3 is 1. The number of aromatic nitrogens is 3. The molecule has 0 radical (unpaired) electrons. The maximum atomic E-state index is 13.2. The van der Waals surface area contributed by atoms with Crippen LogP contribution in [-0.2, 0) is 11.3 Å².